The minimum Gasteiger partial charge on any atom is -0.325 e. The molecule has 1 fully saturated rings. The zero-order chi connectivity index (χ0) is 20.3. The van der Waals surface area contributed by atoms with Crippen molar-refractivity contribution in [2.75, 3.05) is 21.9 Å². The molecule has 5 nitrogen and oxygen atoms in total. The summed E-state index contributed by atoms with van der Waals surface area (Å²) < 4.78 is 25.7. The van der Waals surface area contributed by atoms with E-state index in [1.807, 2.05) is 37.3 Å². The van der Waals surface area contributed by atoms with Crippen LogP contribution < -0.4 is 9.62 Å². The number of nitrogens with one attached hydrogen (secondary N) is 1. The summed E-state index contributed by atoms with van der Waals surface area (Å²) in [5, 5.41) is 3.45. The number of thioether (sulfide) groups is 1. The van der Waals surface area contributed by atoms with E-state index in [1.165, 1.54) is 9.20 Å². The first kappa shape index (κ1) is 20.7. The van der Waals surface area contributed by atoms with E-state index in [-0.39, 0.29) is 18.1 Å². The van der Waals surface area contributed by atoms with E-state index in [0.717, 1.165) is 11.1 Å². The molecule has 1 N–H and O–H groups in total. The SMILES string of the molecule is Cc1ccc(N2CCCS2(=O)=O)cc1NC(=O)Cc1ccc(SC(C)C)cc1. The van der Waals surface area contributed by atoms with Gasteiger partial charge in [0.1, 0.15) is 0 Å². The van der Waals surface area contributed by atoms with Crippen molar-refractivity contribution in [1.82, 2.24) is 0 Å². The molecule has 2 aromatic rings. The van der Waals surface area contributed by atoms with Crippen LogP contribution in [0.15, 0.2) is 47.4 Å². The number of benzene rings is 2. The number of aryl methyl sites for hydroxylation is 1. The number of hydrogen-bond acceptors (Lipinski definition) is 4. The molecule has 1 amide bonds. The van der Waals surface area contributed by atoms with Gasteiger partial charge in [0.2, 0.25) is 15.9 Å². The lowest BCUT2D eigenvalue weighted by Crippen LogP contribution is -2.25. The summed E-state index contributed by atoms with van der Waals surface area (Å²) in [4.78, 5) is 13.7. The zero-order valence-corrected chi connectivity index (χ0v) is 18.1. The third kappa shape index (κ3) is 5.08. The largest absolute Gasteiger partial charge is 0.325 e. The number of hydrogen-bond donors (Lipinski definition) is 1. The highest BCUT2D eigenvalue weighted by molar-refractivity contribution is 7.99. The fraction of sp³-hybridized carbons (Fsp3) is 0.381. The molecule has 1 saturated heterocycles. The van der Waals surface area contributed by atoms with Gasteiger partial charge in [-0.3, -0.25) is 9.10 Å². The Balaban J connectivity index is 1.69. The summed E-state index contributed by atoms with van der Waals surface area (Å²) in [6.07, 6.45) is 0.904. The van der Waals surface area contributed by atoms with Crippen molar-refractivity contribution in [2.45, 2.75) is 43.8 Å². The quantitative estimate of drug-likeness (QED) is 0.714. The van der Waals surface area contributed by atoms with Crippen LogP contribution in [0.3, 0.4) is 0 Å². The van der Waals surface area contributed by atoms with Crippen LogP contribution >= 0.6 is 11.8 Å². The number of amides is 1. The van der Waals surface area contributed by atoms with Crippen LogP contribution in [0.1, 0.15) is 31.4 Å². The van der Waals surface area contributed by atoms with Crippen molar-refractivity contribution in [3.05, 3.63) is 53.6 Å². The number of nitrogens with zero attached hydrogens (tertiary/aromatic N) is 1. The lowest BCUT2D eigenvalue weighted by atomic mass is 10.1. The molecule has 2 aromatic carbocycles. The summed E-state index contributed by atoms with van der Waals surface area (Å²) >= 11 is 1.79. The maximum absolute atomic E-state index is 12.5. The minimum atomic E-state index is -3.24. The number of sulfonamides is 1. The normalized spacial score (nSPS) is 15.8. The first-order chi connectivity index (χ1) is 13.2. The second-order valence-corrected chi connectivity index (χ2v) is 10.9. The van der Waals surface area contributed by atoms with Gasteiger partial charge < -0.3 is 5.32 Å². The number of carbonyl (C=O) groups excluding carboxylic acids is 1. The lowest BCUT2D eigenvalue weighted by molar-refractivity contribution is -0.115. The molecule has 0 aliphatic carbocycles. The Labute approximate surface area is 171 Å². The molecule has 150 valence electrons. The maximum atomic E-state index is 12.5. The molecule has 0 saturated carbocycles. The van der Waals surface area contributed by atoms with E-state index in [2.05, 4.69) is 19.2 Å². The number of carbonyl (C=O) groups is 1. The summed E-state index contributed by atoms with van der Waals surface area (Å²) in [6.45, 7) is 6.68. The predicted molar refractivity (Wildman–Crippen MR) is 117 cm³/mol. The Bertz CT molecular complexity index is 954. The highest BCUT2D eigenvalue weighted by Crippen LogP contribution is 2.29. The Morgan fingerprint density at radius 1 is 1.18 bits per heavy atom. The first-order valence-corrected chi connectivity index (χ1v) is 11.9. The van der Waals surface area contributed by atoms with Crippen LogP contribution in [-0.4, -0.2) is 31.9 Å². The molecule has 7 heteroatoms. The minimum absolute atomic E-state index is 0.117. The lowest BCUT2D eigenvalue weighted by Gasteiger charge is -2.19. The van der Waals surface area contributed by atoms with Gasteiger partial charge in [0.15, 0.2) is 0 Å². The summed E-state index contributed by atoms with van der Waals surface area (Å²) in [5.41, 5.74) is 3.10. The van der Waals surface area contributed by atoms with Crippen molar-refractivity contribution in [1.29, 1.82) is 0 Å². The maximum Gasteiger partial charge on any atom is 0.235 e. The van der Waals surface area contributed by atoms with Crippen LogP contribution in [-0.2, 0) is 21.2 Å². The molecule has 0 bridgehead atoms. The third-order valence-corrected chi connectivity index (χ3v) is 7.43. The van der Waals surface area contributed by atoms with E-state index in [0.29, 0.717) is 29.6 Å². The molecular formula is C21H26N2O3S2. The second kappa shape index (κ2) is 8.57. The molecular weight excluding hydrogens is 392 g/mol. The second-order valence-electron chi connectivity index (χ2n) is 7.28. The topological polar surface area (TPSA) is 66.5 Å². The van der Waals surface area contributed by atoms with Crippen molar-refractivity contribution in [3.8, 4) is 0 Å². The standard InChI is InChI=1S/C21H26N2O3S2/c1-15(2)27-19-9-6-17(7-10-19)13-21(24)22-20-14-18(8-5-16(20)3)23-11-4-12-28(23,25)26/h5-10,14-15H,4,11-13H2,1-3H3,(H,22,24). The number of rotatable bonds is 6. The van der Waals surface area contributed by atoms with Crippen LogP contribution in [0.25, 0.3) is 0 Å². The van der Waals surface area contributed by atoms with Gasteiger partial charge in [0.05, 0.1) is 17.9 Å². The smallest absolute Gasteiger partial charge is 0.235 e. The van der Waals surface area contributed by atoms with E-state index in [4.69, 9.17) is 0 Å². The van der Waals surface area contributed by atoms with Crippen LogP contribution in [0, 0.1) is 6.92 Å². The van der Waals surface area contributed by atoms with Gasteiger partial charge in [-0.2, -0.15) is 0 Å². The van der Waals surface area contributed by atoms with E-state index in [9.17, 15) is 13.2 Å². The summed E-state index contributed by atoms with van der Waals surface area (Å²) in [7, 11) is -3.24. The van der Waals surface area contributed by atoms with E-state index >= 15 is 0 Å². The fourth-order valence-corrected chi connectivity index (χ4v) is 5.56. The van der Waals surface area contributed by atoms with Crippen LogP contribution in [0.5, 0.6) is 0 Å². The highest BCUT2D eigenvalue weighted by atomic mass is 32.2. The molecule has 3 rings (SSSR count). The molecule has 0 radical (unpaired) electrons. The molecule has 1 aliphatic heterocycles. The highest BCUT2D eigenvalue weighted by Gasteiger charge is 2.28. The Morgan fingerprint density at radius 2 is 1.89 bits per heavy atom. The third-order valence-electron chi connectivity index (χ3n) is 4.54. The molecule has 0 aromatic heterocycles. The van der Waals surface area contributed by atoms with E-state index < -0.39 is 10.0 Å². The van der Waals surface area contributed by atoms with Gasteiger partial charge in [-0.15, -0.1) is 11.8 Å². The molecule has 28 heavy (non-hydrogen) atoms. The zero-order valence-electron chi connectivity index (χ0n) is 16.4. The average Bonchev–Trinajstić information content (AvgIpc) is 2.97. The Kier molecular flexibility index (Phi) is 6.35. The van der Waals surface area contributed by atoms with E-state index in [1.54, 1.807) is 23.9 Å². The monoisotopic (exact) mass is 418 g/mol. The molecule has 1 heterocycles. The molecule has 0 spiro atoms. The van der Waals surface area contributed by atoms with Crippen molar-refractivity contribution in [2.24, 2.45) is 0 Å². The average molecular weight is 419 g/mol. The van der Waals surface area contributed by atoms with Crippen LogP contribution in [0.4, 0.5) is 11.4 Å². The summed E-state index contributed by atoms with van der Waals surface area (Å²) in [5.74, 6) is 0.0574. The van der Waals surface area contributed by atoms with Crippen molar-refractivity contribution < 1.29 is 13.2 Å². The van der Waals surface area contributed by atoms with Crippen molar-refractivity contribution in [3.63, 3.8) is 0 Å². The van der Waals surface area contributed by atoms with Crippen molar-refractivity contribution >= 4 is 39.1 Å². The Morgan fingerprint density at radius 3 is 2.50 bits per heavy atom. The molecule has 1 aliphatic rings. The van der Waals surface area contributed by atoms with Gasteiger partial charge in [-0.25, -0.2) is 8.42 Å². The number of anilines is 2. The Hall–Kier alpha value is -1.99. The van der Waals surface area contributed by atoms with Gasteiger partial charge >= 0.3 is 0 Å². The molecule has 0 unspecified atom stereocenters. The van der Waals surface area contributed by atoms with Gasteiger partial charge in [0, 0.05) is 22.4 Å². The fourth-order valence-electron chi connectivity index (χ4n) is 3.17. The van der Waals surface area contributed by atoms with Gasteiger partial charge in [-0.05, 0) is 48.7 Å². The molecule has 0 atom stereocenters. The van der Waals surface area contributed by atoms with Gasteiger partial charge in [-0.1, -0.05) is 32.0 Å². The summed E-state index contributed by atoms with van der Waals surface area (Å²) in [6, 6.07) is 13.4. The van der Waals surface area contributed by atoms with Crippen LogP contribution in [0.2, 0.25) is 0 Å². The predicted octanol–water partition coefficient (Wildman–Crippen LogP) is 4.22. The first-order valence-electron chi connectivity index (χ1n) is 9.41. The van der Waals surface area contributed by atoms with Gasteiger partial charge in [0.25, 0.3) is 0 Å².